The summed E-state index contributed by atoms with van der Waals surface area (Å²) in [7, 11) is 0. The molecule has 4 aromatic rings. The van der Waals surface area contributed by atoms with Gasteiger partial charge in [-0.1, -0.05) is 36.4 Å². The number of carbonyl (C=O) groups is 1. The summed E-state index contributed by atoms with van der Waals surface area (Å²) in [5.41, 5.74) is 4.09. The summed E-state index contributed by atoms with van der Waals surface area (Å²) in [6.07, 6.45) is 3.44. The molecule has 3 N–H and O–H groups in total. The predicted octanol–water partition coefficient (Wildman–Crippen LogP) is 3.69. The van der Waals surface area contributed by atoms with E-state index in [1.54, 1.807) is 4.68 Å². The highest BCUT2D eigenvalue weighted by molar-refractivity contribution is 6.06. The Bertz CT molecular complexity index is 1200. The zero-order valence-electron chi connectivity index (χ0n) is 15.2. The largest absolute Gasteiger partial charge is 0.361 e. The van der Waals surface area contributed by atoms with Crippen LogP contribution < -0.4 is 10.6 Å². The Balaban J connectivity index is 1.64. The Labute approximate surface area is 161 Å². The van der Waals surface area contributed by atoms with E-state index in [1.165, 1.54) is 6.33 Å². The normalized spacial score (nSPS) is 16.0. The fourth-order valence-electron chi connectivity index (χ4n) is 3.71. The van der Waals surface area contributed by atoms with E-state index in [4.69, 9.17) is 0 Å². The third-order valence-electron chi connectivity index (χ3n) is 4.99. The monoisotopic (exact) mass is 370 g/mol. The van der Waals surface area contributed by atoms with Crippen molar-refractivity contribution in [3.63, 3.8) is 0 Å². The van der Waals surface area contributed by atoms with E-state index in [-0.39, 0.29) is 5.91 Å². The number of aromatic nitrogens is 4. The second kappa shape index (κ2) is 6.38. The van der Waals surface area contributed by atoms with Crippen molar-refractivity contribution >= 4 is 28.4 Å². The van der Waals surface area contributed by atoms with Gasteiger partial charge in [-0.2, -0.15) is 10.1 Å². The van der Waals surface area contributed by atoms with Crippen LogP contribution in [-0.2, 0) is 4.79 Å². The molecule has 0 saturated heterocycles. The maximum atomic E-state index is 13.3. The van der Waals surface area contributed by atoms with Crippen molar-refractivity contribution in [1.29, 1.82) is 0 Å². The van der Waals surface area contributed by atoms with Crippen LogP contribution >= 0.6 is 0 Å². The van der Waals surface area contributed by atoms with Gasteiger partial charge < -0.3 is 15.6 Å². The summed E-state index contributed by atoms with van der Waals surface area (Å²) >= 11 is 0. The lowest BCUT2D eigenvalue weighted by atomic mass is 9.94. The van der Waals surface area contributed by atoms with Gasteiger partial charge in [0.05, 0.1) is 5.57 Å². The molecule has 138 valence electrons. The van der Waals surface area contributed by atoms with Gasteiger partial charge in [0.1, 0.15) is 12.4 Å². The van der Waals surface area contributed by atoms with Crippen molar-refractivity contribution in [2.24, 2.45) is 0 Å². The molecule has 0 fully saturated rings. The van der Waals surface area contributed by atoms with Crippen LogP contribution in [0.15, 0.2) is 78.4 Å². The molecule has 3 heterocycles. The van der Waals surface area contributed by atoms with Gasteiger partial charge in [0, 0.05) is 34.0 Å². The summed E-state index contributed by atoms with van der Waals surface area (Å²) in [5, 5.41) is 11.6. The molecule has 0 radical (unpaired) electrons. The predicted molar refractivity (Wildman–Crippen MR) is 108 cm³/mol. The number of anilines is 2. The van der Waals surface area contributed by atoms with Crippen LogP contribution in [0.1, 0.15) is 18.5 Å². The molecule has 7 heteroatoms. The molecule has 0 aliphatic carbocycles. The molecule has 5 rings (SSSR count). The van der Waals surface area contributed by atoms with Crippen LogP contribution in [0.2, 0.25) is 0 Å². The van der Waals surface area contributed by atoms with Gasteiger partial charge in [-0.25, -0.2) is 4.68 Å². The number of carbonyl (C=O) groups excluding carboxylic acids is 1. The molecular weight excluding hydrogens is 352 g/mol. The topological polar surface area (TPSA) is 87.6 Å². The third-order valence-corrected chi connectivity index (χ3v) is 4.99. The molecule has 0 unspecified atom stereocenters. The number of rotatable bonds is 3. The minimum atomic E-state index is -0.390. The number of fused-ring (bicyclic) bond motifs is 2. The zero-order valence-corrected chi connectivity index (χ0v) is 15.2. The van der Waals surface area contributed by atoms with Crippen LogP contribution in [0.5, 0.6) is 0 Å². The molecule has 0 bridgehead atoms. The Kier molecular flexibility index (Phi) is 3.72. The number of aromatic amines is 1. The van der Waals surface area contributed by atoms with Gasteiger partial charge in [0.2, 0.25) is 5.95 Å². The van der Waals surface area contributed by atoms with Crippen molar-refractivity contribution in [3.05, 3.63) is 84.0 Å². The number of nitrogens with zero attached hydrogens (tertiary/aromatic N) is 3. The van der Waals surface area contributed by atoms with Crippen LogP contribution in [0.25, 0.3) is 10.9 Å². The first kappa shape index (κ1) is 16.3. The number of hydrogen-bond acceptors (Lipinski definition) is 4. The Hall–Kier alpha value is -3.87. The van der Waals surface area contributed by atoms with Crippen molar-refractivity contribution in [1.82, 2.24) is 19.7 Å². The SMILES string of the molecule is CC1=C(C(=O)Nc2ccccc2)[C@H](c2c[nH]c3ccccc23)n2ncnc2N1. The van der Waals surface area contributed by atoms with Crippen LogP contribution in [0, 0.1) is 0 Å². The second-order valence-electron chi connectivity index (χ2n) is 6.70. The molecule has 0 spiro atoms. The van der Waals surface area contributed by atoms with Gasteiger partial charge in [0.25, 0.3) is 5.91 Å². The molecule has 1 amide bonds. The van der Waals surface area contributed by atoms with Gasteiger partial charge in [-0.05, 0) is 25.1 Å². The number of nitrogens with one attached hydrogen (secondary N) is 3. The van der Waals surface area contributed by atoms with Crippen molar-refractivity contribution < 1.29 is 4.79 Å². The molecular formula is C21H18N6O. The number of allylic oxidation sites excluding steroid dienone is 1. The first-order chi connectivity index (χ1) is 13.7. The fourth-order valence-corrected chi connectivity index (χ4v) is 3.71. The van der Waals surface area contributed by atoms with Crippen molar-refractivity contribution in [2.75, 3.05) is 10.6 Å². The van der Waals surface area contributed by atoms with Crippen LogP contribution in [0.4, 0.5) is 11.6 Å². The summed E-state index contributed by atoms with van der Waals surface area (Å²) in [4.78, 5) is 20.9. The van der Waals surface area contributed by atoms with Gasteiger partial charge in [-0.15, -0.1) is 0 Å². The Morgan fingerprint density at radius 3 is 2.75 bits per heavy atom. The standard InChI is InChI=1S/C21H18N6O/c1-13-18(20(28)26-14-7-3-2-4-8-14)19(27-21(25-13)23-12-24-27)16-11-22-17-10-6-5-9-15(16)17/h2-12,19,22H,1H3,(H,26,28)(H,23,24,25)/t19-/m0/s1. The van der Waals surface area contributed by atoms with Crippen molar-refractivity contribution in [3.8, 4) is 0 Å². The van der Waals surface area contributed by atoms with E-state index in [2.05, 4.69) is 25.7 Å². The molecule has 0 saturated carbocycles. The Morgan fingerprint density at radius 2 is 1.89 bits per heavy atom. The summed E-state index contributed by atoms with van der Waals surface area (Å²) in [5.74, 6) is 0.441. The second-order valence-corrected chi connectivity index (χ2v) is 6.70. The summed E-state index contributed by atoms with van der Waals surface area (Å²) < 4.78 is 1.75. The molecule has 2 aromatic heterocycles. The number of benzene rings is 2. The third kappa shape index (κ3) is 2.56. The quantitative estimate of drug-likeness (QED) is 0.513. The van der Waals surface area contributed by atoms with E-state index in [1.807, 2.05) is 67.7 Å². The minimum Gasteiger partial charge on any atom is -0.361 e. The first-order valence-electron chi connectivity index (χ1n) is 9.02. The lowest BCUT2D eigenvalue weighted by Gasteiger charge is -2.28. The van der Waals surface area contributed by atoms with E-state index in [0.29, 0.717) is 11.5 Å². The Morgan fingerprint density at radius 1 is 1.11 bits per heavy atom. The smallest absolute Gasteiger partial charge is 0.255 e. The zero-order chi connectivity index (χ0) is 19.1. The molecule has 1 aliphatic rings. The number of para-hydroxylation sites is 2. The van der Waals surface area contributed by atoms with E-state index in [9.17, 15) is 4.79 Å². The average Bonchev–Trinajstić information content (AvgIpc) is 3.34. The lowest BCUT2D eigenvalue weighted by Crippen LogP contribution is -2.31. The molecule has 2 aromatic carbocycles. The molecule has 1 aliphatic heterocycles. The maximum Gasteiger partial charge on any atom is 0.255 e. The molecule has 1 atom stereocenters. The highest BCUT2D eigenvalue weighted by Gasteiger charge is 2.34. The highest BCUT2D eigenvalue weighted by Crippen LogP contribution is 2.38. The van der Waals surface area contributed by atoms with E-state index in [0.717, 1.165) is 27.9 Å². The van der Waals surface area contributed by atoms with Crippen molar-refractivity contribution in [2.45, 2.75) is 13.0 Å². The summed E-state index contributed by atoms with van der Waals surface area (Å²) in [6.45, 7) is 1.89. The lowest BCUT2D eigenvalue weighted by molar-refractivity contribution is -0.113. The summed E-state index contributed by atoms with van der Waals surface area (Å²) in [6, 6.07) is 17.1. The average molecular weight is 370 g/mol. The molecule has 28 heavy (non-hydrogen) atoms. The van der Waals surface area contributed by atoms with Gasteiger partial charge in [-0.3, -0.25) is 4.79 Å². The number of H-pyrrole nitrogens is 1. The maximum absolute atomic E-state index is 13.3. The minimum absolute atomic E-state index is 0.173. The number of hydrogen-bond donors (Lipinski definition) is 3. The first-order valence-corrected chi connectivity index (χ1v) is 9.02. The van der Waals surface area contributed by atoms with Gasteiger partial charge in [0.15, 0.2) is 0 Å². The molecule has 7 nitrogen and oxygen atoms in total. The van der Waals surface area contributed by atoms with Crippen LogP contribution in [0.3, 0.4) is 0 Å². The van der Waals surface area contributed by atoms with Gasteiger partial charge >= 0.3 is 0 Å². The van der Waals surface area contributed by atoms with E-state index >= 15 is 0 Å². The highest BCUT2D eigenvalue weighted by atomic mass is 16.1. The van der Waals surface area contributed by atoms with E-state index < -0.39 is 6.04 Å². The number of amides is 1. The fraction of sp³-hybridized carbons (Fsp3) is 0.0952. The van der Waals surface area contributed by atoms with Crippen LogP contribution in [-0.4, -0.2) is 25.7 Å².